The number of nitro groups is 1. The smallest absolute Gasteiger partial charge is 0.272 e. The molecule has 0 aromatic heterocycles. The number of fused-ring (bicyclic) bond motifs is 1. The van der Waals surface area contributed by atoms with E-state index in [1.54, 1.807) is 19.1 Å². The molecule has 128 valence electrons. The minimum absolute atomic E-state index is 0.0149. The van der Waals surface area contributed by atoms with E-state index in [1.807, 2.05) is 0 Å². The van der Waals surface area contributed by atoms with Crippen molar-refractivity contribution in [3.05, 3.63) is 51.6 Å². The quantitative estimate of drug-likeness (QED) is 0.278. The van der Waals surface area contributed by atoms with Crippen LogP contribution in [0, 0.1) is 40.7 Å². The summed E-state index contributed by atoms with van der Waals surface area (Å²) < 4.78 is 0. The molecule has 7 nitrogen and oxygen atoms in total. The number of imide groups is 1. The van der Waals surface area contributed by atoms with Crippen molar-refractivity contribution in [2.75, 3.05) is 0 Å². The summed E-state index contributed by atoms with van der Waals surface area (Å²) in [4.78, 5) is 35.8. The summed E-state index contributed by atoms with van der Waals surface area (Å²) in [6.45, 7) is 1.65. The molecule has 2 bridgehead atoms. The first kappa shape index (κ1) is 15.7. The number of hydrogen-bond donors (Lipinski definition) is 0. The third-order valence-corrected chi connectivity index (χ3v) is 5.49. The van der Waals surface area contributed by atoms with Gasteiger partial charge in [0.2, 0.25) is 0 Å². The summed E-state index contributed by atoms with van der Waals surface area (Å²) in [6, 6.07) is 4.69. The van der Waals surface area contributed by atoms with Gasteiger partial charge < -0.3 is 0 Å². The summed E-state index contributed by atoms with van der Waals surface area (Å²) in [6.07, 6.45) is 7.31. The highest BCUT2D eigenvalue weighted by molar-refractivity contribution is 6.06. The van der Waals surface area contributed by atoms with Gasteiger partial charge in [0.05, 0.1) is 23.0 Å². The van der Waals surface area contributed by atoms with Gasteiger partial charge in [0.15, 0.2) is 0 Å². The van der Waals surface area contributed by atoms with E-state index in [0.717, 1.165) is 17.9 Å². The maximum Gasteiger partial charge on any atom is 0.272 e. The molecule has 1 saturated heterocycles. The highest BCUT2D eigenvalue weighted by Gasteiger charge is 2.56. The van der Waals surface area contributed by atoms with Gasteiger partial charge in [0.1, 0.15) is 0 Å². The molecule has 1 aromatic carbocycles. The van der Waals surface area contributed by atoms with E-state index < -0.39 is 4.92 Å². The molecule has 4 aliphatic rings. The number of hydrogen-bond acceptors (Lipinski definition) is 5. The van der Waals surface area contributed by atoms with Gasteiger partial charge in [-0.05, 0) is 31.6 Å². The summed E-state index contributed by atoms with van der Waals surface area (Å²) in [5.41, 5.74) is 1.01. The van der Waals surface area contributed by atoms with E-state index >= 15 is 0 Å². The molecule has 2 amide bonds. The number of aryl methyl sites for hydroxylation is 1. The number of nitro benzene ring substituents is 1. The Morgan fingerprint density at radius 1 is 1.16 bits per heavy atom. The number of amides is 2. The zero-order chi connectivity index (χ0) is 17.7. The third-order valence-electron chi connectivity index (χ3n) is 5.49. The normalized spacial score (nSPS) is 30.4. The Morgan fingerprint density at radius 3 is 2.28 bits per heavy atom. The number of carbonyl (C=O) groups excluding carboxylic acids is 2. The fourth-order valence-electron chi connectivity index (χ4n) is 4.20. The predicted molar refractivity (Wildman–Crippen MR) is 89.6 cm³/mol. The topological polar surface area (TPSA) is 92.9 Å². The fraction of sp³-hybridized carbons (Fsp3) is 0.389. The van der Waals surface area contributed by atoms with E-state index in [1.165, 1.54) is 12.3 Å². The van der Waals surface area contributed by atoms with Crippen molar-refractivity contribution in [2.24, 2.45) is 28.8 Å². The summed E-state index contributed by atoms with van der Waals surface area (Å²) in [5.74, 6) is -0.889. The molecule has 1 aromatic rings. The Bertz CT molecular complexity index is 813. The van der Waals surface area contributed by atoms with Crippen molar-refractivity contribution < 1.29 is 14.5 Å². The molecule has 0 N–H and O–H groups in total. The van der Waals surface area contributed by atoms with Gasteiger partial charge in [-0.15, -0.1) is 0 Å². The summed E-state index contributed by atoms with van der Waals surface area (Å²) in [7, 11) is 0. The summed E-state index contributed by atoms with van der Waals surface area (Å²) in [5, 5.41) is 16.0. The molecule has 2 fully saturated rings. The lowest BCUT2D eigenvalue weighted by Crippen LogP contribution is -2.38. The molecule has 7 heteroatoms. The van der Waals surface area contributed by atoms with Gasteiger partial charge in [0, 0.05) is 17.2 Å². The molecular weight excluding hydrogens is 322 g/mol. The lowest BCUT2D eigenvalue weighted by atomic mass is 9.63. The van der Waals surface area contributed by atoms with Crippen LogP contribution in [0.4, 0.5) is 5.69 Å². The maximum absolute atomic E-state index is 12.6. The molecule has 3 aliphatic carbocycles. The van der Waals surface area contributed by atoms with Gasteiger partial charge in [-0.3, -0.25) is 19.7 Å². The third kappa shape index (κ3) is 2.38. The Hall–Kier alpha value is -2.83. The fourth-order valence-corrected chi connectivity index (χ4v) is 4.20. The first-order valence-electron chi connectivity index (χ1n) is 8.32. The molecule has 25 heavy (non-hydrogen) atoms. The lowest BCUT2D eigenvalue weighted by molar-refractivity contribution is -0.385. The van der Waals surface area contributed by atoms with Crippen molar-refractivity contribution in [3.63, 3.8) is 0 Å². The van der Waals surface area contributed by atoms with E-state index in [0.29, 0.717) is 11.1 Å². The number of hydrazone groups is 1. The van der Waals surface area contributed by atoms with E-state index in [4.69, 9.17) is 0 Å². The summed E-state index contributed by atoms with van der Waals surface area (Å²) >= 11 is 0. The molecule has 5 rings (SSSR count). The van der Waals surface area contributed by atoms with Crippen molar-refractivity contribution in [1.82, 2.24) is 5.01 Å². The second kappa shape index (κ2) is 5.61. The first-order valence-corrected chi connectivity index (χ1v) is 8.32. The highest BCUT2D eigenvalue weighted by Crippen LogP contribution is 2.49. The predicted octanol–water partition coefficient (Wildman–Crippen LogP) is 2.43. The van der Waals surface area contributed by atoms with Crippen molar-refractivity contribution >= 4 is 23.7 Å². The van der Waals surface area contributed by atoms with E-state index in [9.17, 15) is 19.7 Å². The van der Waals surface area contributed by atoms with Crippen LogP contribution < -0.4 is 0 Å². The van der Waals surface area contributed by atoms with Crippen molar-refractivity contribution in [2.45, 2.75) is 19.8 Å². The number of carbonyl (C=O) groups is 2. The molecule has 0 radical (unpaired) electrons. The minimum atomic E-state index is -0.462. The monoisotopic (exact) mass is 339 g/mol. The van der Waals surface area contributed by atoms with E-state index in [-0.39, 0.29) is 41.2 Å². The van der Waals surface area contributed by atoms with E-state index in [2.05, 4.69) is 17.3 Å². The highest BCUT2D eigenvalue weighted by atomic mass is 16.6. The second-order valence-electron chi connectivity index (χ2n) is 6.88. The van der Waals surface area contributed by atoms with Crippen LogP contribution in [0.2, 0.25) is 0 Å². The minimum Gasteiger partial charge on any atom is -0.272 e. The Labute approximate surface area is 144 Å². The van der Waals surface area contributed by atoms with Gasteiger partial charge in [-0.1, -0.05) is 24.3 Å². The molecular formula is C18H17N3O4. The second-order valence-corrected chi connectivity index (χ2v) is 6.88. The van der Waals surface area contributed by atoms with Crippen LogP contribution in [-0.4, -0.2) is 28.0 Å². The van der Waals surface area contributed by atoms with Gasteiger partial charge >= 0.3 is 0 Å². The average molecular weight is 339 g/mol. The van der Waals surface area contributed by atoms with Crippen LogP contribution in [0.3, 0.4) is 0 Å². The molecule has 4 atom stereocenters. The molecule has 1 heterocycles. The maximum atomic E-state index is 12.6. The SMILES string of the molecule is Cc1ccc(/C=N\N2C(=O)[C@@H]3[C@@H](C2=O)[C@H]2C=C[C@@H]3CC2)cc1[N+](=O)[O-]. The molecule has 1 aliphatic heterocycles. The Balaban J connectivity index is 1.60. The zero-order valence-corrected chi connectivity index (χ0v) is 13.7. The lowest BCUT2D eigenvalue weighted by Gasteiger charge is -2.37. The molecule has 0 spiro atoms. The van der Waals surface area contributed by atoms with Gasteiger partial charge in [0.25, 0.3) is 17.5 Å². The van der Waals surface area contributed by atoms with Gasteiger partial charge in [-0.25, -0.2) is 0 Å². The average Bonchev–Trinajstić information content (AvgIpc) is 2.88. The number of allylic oxidation sites excluding steroid dienone is 2. The standard InChI is InChI=1S/C18H17N3O4/c1-10-2-3-11(8-14(10)21(24)25)9-19-20-17(22)15-12-4-5-13(7-6-12)16(15)18(20)23/h2-5,8-9,12-13,15-16H,6-7H2,1H3/b19-9-/t12-,13+,15-,16-/m0/s1. The number of rotatable bonds is 3. The molecule has 1 saturated carbocycles. The molecule has 0 unspecified atom stereocenters. The largest absolute Gasteiger partial charge is 0.272 e. The van der Waals surface area contributed by atoms with Crippen LogP contribution in [0.25, 0.3) is 0 Å². The first-order chi connectivity index (χ1) is 12.0. The van der Waals surface area contributed by atoms with Crippen molar-refractivity contribution in [3.8, 4) is 0 Å². The Morgan fingerprint density at radius 2 is 1.76 bits per heavy atom. The number of nitrogens with zero attached hydrogens (tertiary/aromatic N) is 3. The van der Waals surface area contributed by atoms with Gasteiger partial charge in [-0.2, -0.15) is 10.1 Å². The van der Waals surface area contributed by atoms with Crippen LogP contribution in [0.15, 0.2) is 35.5 Å². The number of benzene rings is 1. The van der Waals surface area contributed by atoms with Crippen LogP contribution >= 0.6 is 0 Å². The Kier molecular flexibility index (Phi) is 3.52. The zero-order valence-electron chi connectivity index (χ0n) is 13.7. The van der Waals surface area contributed by atoms with Crippen LogP contribution in [0.5, 0.6) is 0 Å². The van der Waals surface area contributed by atoms with Crippen LogP contribution in [-0.2, 0) is 9.59 Å². The van der Waals surface area contributed by atoms with Crippen molar-refractivity contribution in [1.29, 1.82) is 0 Å². The van der Waals surface area contributed by atoms with Crippen LogP contribution in [0.1, 0.15) is 24.0 Å².